The summed E-state index contributed by atoms with van der Waals surface area (Å²) in [6, 6.07) is 13.7. The number of hydrogen-bond acceptors (Lipinski definition) is 2. The third kappa shape index (κ3) is 119. The van der Waals surface area contributed by atoms with Gasteiger partial charge >= 0.3 is 6.16 Å². The first-order valence-electron chi connectivity index (χ1n) is 5.22. The summed E-state index contributed by atoms with van der Waals surface area (Å²) in [6.45, 7) is 15.8. The average molecular weight is 275 g/mol. The Morgan fingerprint density at radius 1 is 0.900 bits per heavy atom. The van der Waals surface area contributed by atoms with Gasteiger partial charge in [-0.15, -0.1) is 13.2 Å². The van der Waals surface area contributed by atoms with E-state index >= 15 is 0 Å². The zero-order valence-corrected chi connectivity index (χ0v) is 11.5. The van der Waals surface area contributed by atoms with E-state index < -0.39 is 6.16 Å². The van der Waals surface area contributed by atoms with Crippen LogP contribution in [-0.4, -0.2) is 16.4 Å². The summed E-state index contributed by atoms with van der Waals surface area (Å²) >= 11 is 0. The van der Waals surface area contributed by atoms with Gasteiger partial charge in [0.05, 0.1) is 6.07 Å². The van der Waals surface area contributed by atoms with E-state index in [1.165, 1.54) is 6.08 Å². The molecule has 0 radical (unpaired) electrons. The highest BCUT2D eigenvalue weighted by atomic mass is 16.6. The summed E-state index contributed by atoms with van der Waals surface area (Å²) in [5, 5.41) is 21.5. The average Bonchev–Trinajstić information content (AvgIpc) is 2.51. The monoisotopic (exact) mass is 275 g/mol. The van der Waals surface area contributed by atoms with Crippen molar-refractivity contribution in [3.05, 3.63) is 87.5 Å². The molecule has 0 aromatic heterocycles. The molecule has 1 rings (SSSR count). The molecule has 0 spiro atoms. The topological polar surface area (TPSA) is 81.3 Å². The quantitative estimate of drug-likeness (QED) is 0.439. The molecule has 0 atom stereocenters. The van der Waals surface area contributed by atoms with Crippen molar-refractivity contribution < 1.29 is 15.0 Å². The highest BCUT2D eigenvalue weighted by Gasteiger charge is 1.70. The lowest BCUT2D eigenvalue weighted by atomic mass is 10.4. The lowest BCUT2D eigenvalue weighted by Gasteiger charge is -1.69. The Balaban J connectivity index is -0.0000000837. The zero-order valence-electron chi connectivity index (χ0n) is 11.5. The molecule has 2 N–H and O–H groups in total. The van der Waals surface area contributed by atoms with E-state index in [-0.39, 0.29) is 0 Å². The first-order chi connectivity index (χ1) is 9.56. The van der Waals surface area contributed by atoms with Crippen LogP contribution in [0.2, 0.25) is 0 Å². The van der Waals surface area contributed by atoms with Crippen LogP contribution >= 0.6 is 0 Å². The maximum Gasteiger partial charge on any atom is 0.503 e. The van der Waals surface area contributed by atoms with Crippen molar-refractivity contribution in [2.45, 2.75) is 0 Å². The number of carbonyl (C=O) groups is 1. The standard InChI is InChI=1S/C6H6.C4H6.C3H3N.C2H4.CH2O3/c1-2-4-6-5-3-1;1-3-4-2;1-2-3-4;1-2;2-1(3)4/h1-6H;3-4H,1-2H2;2H,1H2;1-2H2;(H2,2,3,4). The van der Waals surface area contributed by atoms with E-state index in [0.717, 1.165) is 0 Å². The van der Waals surface area contributed by atoms with Crippen LogP contribution in [0.15, 0.2) is 87.5 Å². The zero-order chi connectivity index (χ0) is 16.6. The largest absolute Gasteiger partial charge is 0.503 e. The Morgan fingerprint density at radius 3 is 1.10 bits per heavy atom. The Kier molecular flexibility index (Phi) is 46.3. The molecule has 0 aliphatic heterocycles. The van der Waals surface area contributed by atoms with Gasteiger partial charge in [0.1, 0.15) is 0 Å². The molecule has 0 aliphatic carbocycles. The third-order valence-corrected chi connectivity index (χ3v) is 0.925. The number of rotatable bonds is 1. The molecule has 4 nitrogen and oxygen atoms in total. The van der Waals surface area contributed by atoms with Crippen LogP contribution in [0.3, 0.4) is 0 Å². The van der Waals surface area contributed by atoms with Crippen molar-refractivity contribution in [2.75, 3.05) is 0 Å². The summed E-state index contributed by atoms with van der Waals surface area (Å²) in [4.78, 5) is 8.56. The number of carboxylic acid groups (broad SMARTS) is 2. The molecule has 0 amide bonds. The molecule has 0 saturated carbocycles. The normalized spacial score (nSPS) is 5.55. The van der Waals surface area contributed by atoms with Gasteiger partial charge in [0, 0.05) is 6.08 Å². The van der Waals surface area contributed by atoms with Gasteiger partial charge in [0.2, 0.25) is 0 Å². The van der Waals surface area contributed by atoms with E-state index in [1.54, 1.807) is 18.2 Å². The summed E-state index contributed by atoms with van der Waals surface area (Å²) in [5.41, 5.74) is 0. The highest BCUT2D eigenvalue weighted by Crippen LogP contribution is 1.79. The summed E-state index contributed by atoms with van der Waals surface area (Å²) in [5.74, 6) is 0. The highest BCUT2D eigenvalue weighted by molar-refractivity contribution is 5.53. The maximum absolute atomic E-state index is 8.56. The van der Waals surface area contributed by atoms with Gasteiger partial charge in [0.25, 0.3) is 0 Å². The number of nitriles is 1. The van der Waals surface area contributed by atoms with E-state index in [9.17, 15) is 0 Å². The fourth-order valence-corrected chi connectivity index (χ4v) is 0.385. The van der Waals surface area contributed by atoms with Crippen LogP contribution in [0.5, 0.6) is 0 Å². The second-order valence-electron chi connectivity index (χ2n) is 2.24. The first kappa shape index (κ1) is 25.7. The minimum absolute atomic E-state index is 1.18. The van der Waals surface area contributed by atoms with Gasteiger partial charge in [-0.3, -0.25) is 0 Å². The van der Waals surface area contributed by atoms with Crippen molar-refractivity contribution in [1.29, 1.82) is 5.26 Å². The SMILES string of the molecule is C=C.C=CC#N.C=CC=C.O=C(O)O.c1ccccc1. The minimum Gasteiger partial charge on any atom is -0.450 e. The van der Waals surface area contributed by atoms with Crippen LogP contribution in [0.1, 0.15) is 0 Å². The van der Waals surface area contributed by atoms with Crippen molar-refractivity contribution in [3.63, 3.8) is 0 Å². The number of nitrogens with zero attached hydrogens (tertiary/aromatic N) is 1. The van der Waals surface area contributed by atoms with Crippen molar-refractivity contribution in [3.8, 4) is 6.07 Å². The van der Waals surface area contributed by atoms with E-state index in [2.05, 4.69) is 32.9 Å². The Labute approximate surface area is 120 Å². The van der Waals surface area contributed by atoms with E-state index in [0.29, 0.717) is 0 Å². The molecule has 20 heavy (non-hydrogen) atoms. The van der Waals surface area contributed by atoms with E-state index in [1.807, 2.05) is 36.4 Å². The van der Waals surface area contributed by atoms with Crippen molar-refractivity contribution in [1.82, 2.24) is 0 Å². The van der Waals surface area contributed by atoms with Crippen molar-refractivity contribution in [2.24, 2.45) is 0 Å². The predicted molar refractivity (Wildman–Crippen MR) is 84.6 cm³/mol. The fourth-order valence-electron chi connectivity index (χ4n) is 0.385. The maximum atomic E-state index is 8.56. The smallest absolute Gasteiger partial charge is 0.450 e. The summed E-state index contributed by atoms with van der Waals surface area (Å²) < 4.78 is 0. The Bertz CT molecular complexity index is 330. The number of hydrogen-bond donors (Lipinski definition) is 2. The molecule has 1 aromatic carbocycles. The molecule has 0 aliphatic rings. The molecular formula is C16H21NO3. The molecule has 4 heteroatoms. The molecule has 0 fully saturated rings. The minimum atomic E-state index is -1.83. The molecule has 0 saturated heterocycles. The van der Waals surface area contributed by atoms with Crippen molar-refractivity contribution >= 4 is 6.16 Å². The summed E-state index contributed by atoms with van der Waals surface area (Å²) in [7, 11) is 0. The second-order valence-corrected chi connectivity index (χ2v) is 2.24. The third-order valence-electron chi connectivity index (χ3n) is 0.925. The van der Waals surface area contributed by atoms with Crippen LogP contribution in [-0.2, 0) is 0 Å². The van der Waals surface area contributed by atoms with Gasteiger partial charge in [-0.25, -0.2) is 4.79 Å². The first-order valence-corrected chi connectivity index (χ1v) is 5.22. The molecule has 0 bridgehead atoms. The van der Waals surface area contributed by atoms with Gasteiger partial charge in [-0.1, -0.05) is 68.3 Å². The lowest BCUT2D eigenvalue weighted by Crippen LogP contribution is -1.81. The summed E-state index contributed by atoms with van der Waals surface area (Å²) in [6.07, 6.45) is 2.63. The van der Waals surface area contributed by atoms with Gasteiger partial charge in [-0.05, 0) is 0 Å². The molecule has 108 valence electrons. The van der Waals surface area contributed by atoms with Crippen LogP contribution < -0.4 is 0 Å². The Hall–Kier alpha value is -3.06. The van der Waals surface area contributed by atoms with Gasteiger partial charge < -0.3 is 10.2 Å². The number of allylic oxidation sites excluding steroid dienone is 3. The lowest BCUT2D eigenvalue weighted by molar-refractivity contribution is 0.137. The molecule has 1 aromatic rings. The Morgan fingerprint density at radius 2 is 1.05 bits per heavy atom. The molecule has 0 unspecified atom stereocenters. The fraction of sp³-hybridized carbons (Fsp3) is 0. The van der Waals surface area contributed by atoms with Gasteiger partial charge in [0.15, 0.2) is 0 Å². The van der Waals surface area contributed by atoms with Crippen LogP contribution in [0.4, 0.5) is 4.79 Å². The van der Waals surface area contributed by atoms with Crippen LogP contribution in [0.25, 0.3) is 0 Å². The molecule has 0 heterocycles. The molecular weight excluding hydrogens is 254 g/mol. The van der Waals surface area contributed by atoms with E-state index in [4.69, 9.17) is 20.3 Å². The van der Waals surface area contributed by atoms with Gasteiger partial charge in [-0.2, -0.15) is 5.26 Å². The second kappa shape index (κ2) is 36.0. The predicted octanol–water partition coefficient (Wildman–Crippen LogP) is 4.77. The number of benzene rings is 1. The van der Waals surface area contributed by atoms with Crippen LogP contribution in [0, 0.1) is 11.3 Å².